The molecule has 1 saturated heterocycles. The van der Waals surface area contributed by atoms with E-state index in [1.54, 1.807) is 0 Å². The van der Waals surface area contributed by atoms with E-state index in [4.69, 9.17) is 4.74 Å². The second-order valence-electron chi connectivity index (χ2n) is 4.75. The van der Waals surface area contributed by atoms with Crippen LogP contribution in [0.25, 0.3) is 0 Å². The molecule has 0 saturated carbocycles. The lowest BCUT2D eigenvalue weighted by atomic mass is 9.86. The van der Waals surface area contributed by atoms with Gasteiger partial charge in [-0.05, 0) is 12.8 Å². The van der Waals surface area contributed by atoms with E-state index in [1.807, 2.05) is 6.92 Å². The van der Waals surface area contributed by atoms with Gasteiger partial charge in [-0.3, -0.25) is 5.32 Å². The van der Waals surface area contributed by atoms with Gasteiger partial charge in [-0.1, -0.05) is 20.8 Å². The SMILES string of the molecule is CC(C)[C@@H](C)NC(O)C1(C)COC1. The van der Waals surface area contributed by atoms with E-state index in [1.165, 1.54) is 0 Å². The van der Waals surface area contributed by atoms with Crippen LogP contribution in [0.3, 0.4) is 0 Å². The highest BCUT2D eigenvalue weighted by Gasteiger charge is 2.41. The molecule has 0 amide bonds. The van der Waals surface area contributed by atoms with E-state index in [0.29, 0.717) is 25.2 Å². The van der Waals surface area contributed by atoms with Crippen molar-refractivity contribution in [1.29, 1.82) is 0 Å². The molecule has 0 aliphatic carbocycles. The fourth-order valence-electron chi connectivity index (χ4n) is 1.22. The van der Waals surface area contributed by atoms with Crippen LogP contribution in [0, 0.1) is 11.3 Å². The molecule has 2 N–H and O–H groups in total. The van der Waals surface area contributed by atoms with Crippen LogP contribution >= 0.6 is 0 Å². The summed E-state index contributed by atoms with van der Waals surface area (Å²) in [6.07, 6.45) is -0.446. The number of rotatable bonds is 4. The Balaban J connectivity index is 2.36. The van der Waals surface area contributed by atoms with Gasteiger partial charge < -0.3 is 9.84 Å². The summed E-state index contributed by atoms with van der Waals surface area (Å²) in [6.45, 7) is 9.74. The third-order valence-corrected chi connectivity index (χ3v) is 2.94. The second-order valence-corrected chi connectivity index (χ2v) is 4.75. The molecule has 1 heterocycles. The van der Waals surface area contributed by atoms with E-state index < -0.39 is 6.23 Å². The van der Waals surface area contributed by atoms with E-state index in [-0.39, 0.29) is 5.41 Å². The van der Waals surface area contributed by atoms with Gasteiger partial charge in [-0.2, -0.15) is 0 Å². The van der Waals surface area contributed by atoms with Gasteiger partial charge in [0, 0.05) is 6.04 Å². The van der Waals surface area contributed by atoms with Gasteiger partial charge in [0.25, 0.3) is 0 Å². The molecular weight excluding hydrogens is 166 g/mol. The van der Waals surface area contributed by atoms with Gasteiger partial charge in [0.2, 0.25) is 0 Å². The number of aliphatic hydroxyl groups is 1. The van der Waals surface area contributed by atoms with Crippen molar-refractivity contribution in [2.24, 2.45) is 11.3 Å². The van der Waals surface area contributed by atoms with E-state index in [2.05, 4.69) is 26.1 Å². The monoisotopic (exact) mass is 187 g/mol. The van der Waals surface area contributed by atoms with Crippen LogP contribution in [0.5, 0.6) is 0 Å². The Bertz CT molecular complexity index is 166. The predicted octanol–water partition coefficient (Wildman–Crippen LogP) is 0.975. The first-order valence-corrected chi connectivity index (χ1v) is 4.97. The first-order valence-electron chi connectivity index (χ1n) is 4.97. The lowest BCUT2D eigenvalue weighted by Gasteiger charge is -2.43. The number of nitrogens with one attached hydrogen (secondary N) is 1. The highest BCUT2D eigenvalue weighted by atomic mass is 16.5. The maximum atomic E-state index is 9.86. The molecule has 0 aromatic heterocycles. The summed E-state index contributed by atoms with van der Waals surface area (Å²) in [6, 6.07) is 0.340. The van der Waals surface area contributed by atoms with Crippen molar-refractivity contribution in [2.45, 2.75) is 40.0 Å². The third-order valence-electron chi connectivity index (χ3n) is 2.94. The van der Waals surface area contributed by atoms with Crippen molar-refractivity contribution in [2.75, 3.05) is 13.2 Å². The molecule has 3 nitrogen and oxygen atoms in total. The molecule has 0 aromatic carbocycles. The molecule has 0 bridgehead atoms. The molecule has 13 heavy (non-hydrogen) atoms. The minimum atomic E-state index is -0.446. The molecule has 1 unspecified atom stereocenters. The lowest BCUT2D eigenvalue weighted by molar-refractivity contribution is -0.172. The molecule has 0 radical (unpaired) electrons. The molecule has 3 heteroatoms. The normalized spacial score (nSPS) is 25.4. The Morgan fingerprint density at radius 3 is 2.15 bits per heavy atom. The van der Waals surface area contributed by atoms with Crippen molar-refractivity contribution >= 4 is 0 Å². The summed E-state index contributed by atoms with van der Waals surface area (Å²) >= 11 is 0. The molecule has 1 fully saturated rings. The molecule has 2 atom stereocenters. The summed E-state index contributed by atoms with van der Waals surface area (Å²) in [5.41, 5.74) is -0.0802. The van der Waals surface area contributed by atoms with Crippen LogP contribution < -0.4 is 5.32 Å². The zero-order valence-electron chi connectivity index (χ0n) is 9.00. The standard InChI is InChI=1S/C10H21NO2/c1-7(2)8(3)11-9(12)10(4)5-13-6-10/h7-9,11-12H,5-6H2,1-4H3/t8-,9?/m1/s1. The van der Waals surface area contributed by atoms with Gasteiger partial charge in [0.15, 0.2) is 0 Å². The van der Waals surface area contributed by atoms with Crippen molar-refractivity contribution in [3.05, 3.63) is 0 Å². The van der Waals surface area contributed by atoms with Crippen molar-refractivity contribution in [3.8, 4) is 0 Å². The van der Waals surface area contributed by atoms with Crippen LogP contribution in [0.15, 0.2) is 0 Å². The highest BCUT2D eigenvalue weighted by Crippen LogP contribution is 2.29. The average molecular weight is 187 g/mol. The van der Waals surface area contributed by atoms with Gasteiger partial charge in [0.05, 0.1) is 18.6 Å². The Hall–Kier alpha value is -0.120. The molecule has 1 aliphatic rings. The predicted molar refractivity (Wildman–Crippen MR) is 52.4 cm³/mol. The van der Waals surface area contributed by atoms with Crippen molar-refractivity contribution < 1.29 is 9.84 Å². The summed E-state index contributed by atoms with van der Waals surface area (Å²) in [5, 5.41) is 13.1. The fourth-order valence-corrected chi connectivity index (χ4v) is 1.22. The molecule has 1 rings (SSSR count). The molecule has 0 spiro atoms. The van der Waals surface area contributed by atoms with Gasteiger partial charge in [-0.25, -0.2) is 0 Å². The summed E-state index contributed by atoms with van der Waals surface area (Å²) < 4.78 is 5.10. The van der Waals surface area contributed by atoms with E-state index in [0.717, 1.165) is 0 Å². The lowest BCUT2D eigenvalue weighted by Crippen LogP contribution is -2.57. The Kier molecular flexibility index (Phi) is 3.33. The number of ether oxygens (including phenoxy) is 1. The highest BCUT2D eigenvalue weighted by molar-refractivity contribution is 4.87. The first-order chi connectivity index (χ1) is 5.96. The van der Waals surface area contributed by atoms with E-state index in [9.17, 15) is 5.11 Å². The number of hydrogen-bond acceptors (Lipinski definition) is 3. The largest absolute Gasteiger partial charge is 0.380 e. The molecular formula is C10H21NO2. The zero-order valence-corrected chi connectivity index (χ0v) is 9.00. The minimum absolute atomic E-state index is 0.0802. The number of hydrogen-bond donors (Lipinski definition) is 2. The van der Waals surface area contributed by atoms with Crippen LogP contribution in [-0.2, 0) is 4.74 Å². The Labute approximate surface area is 80.5 Å². The van der Waals surface area contributed by atoms with Crippen molar-refractivity contribution in [3.63, 3.8) is 0 Å². The second kappa shape index (κ2) is 3.95. The maximum absolute atomic E-state index is 9.86. The summed E-state index contributed by atoms with van der Waals surface area (Å²) in [4.78, 5) is 0. The third kappa shape index (κ3) is 2.42. The van der Waals surface area contributed by atoms with E-state index >= 15 is 0 Å². The Morgan fingerprint density at radius 1 is 1.31 bits per heavy atom. The summed E-state index contributed by atoms with van der Waals surface area (Å²) in [5.74, 6) is 0.541. The minimum Gasteiger partial charge on any atom is -0.380 e. The first kappa shape index (κ1) is 11.0. The molecule has 1 aliphatic heterocycles. The quantitative estimate of drug-likeness (QED) is 0.645. The van der Waals surface area contributed by atoms with Gasteiger partial charge in [0.1, 0.15) is 6.23 Å². The van der Waals surface area contributed by atoms with Crippen LogP contribution in [0.2, 0.25) is 0 Å². The van der Waals surface area contributed by atoms with Crippen molar-refractivity contribution in [1.82, 2.24) is 5.32 Å². The smallest absolute Gasteiger partial charge is 0.114 e. The zero-order chi connectivity index (χ0) is 10.1. The average Bonchev–Trinajstić information content (AvgIpc) is 1.99. The molecule has 0 aromatic rings. The van der Waals surface area contributed by atoms with Gasteiger partial charge >= 0.3 is 0 Å². The van der Waals surface area contributed by atoms with Crippen LogP contribution in [0.1, 0.15) is 27.7 Å². The topological polar surface area (TPSA) is 41.5 Å². The van der Waals surface area contributed by atoms with Crippen LogP contribution in [-0.4, -0.2) is 30.6 Å². The number of aliphatic hydroxyl groups excluding tert-OH is 1. The maximum Gasteiger partial charge on any atom is 0.114 e. The summed E-state index contributed by atoms with van der Waals surface area (Å²) in [7, 11) is 0. The fraction of sp³-hybridized carbons (Fsp3) is 1.00. The van der Waals surface area contributed by atoms with Crippen LogP contribution in [0.4, 0.5) is 0 Å². The van der Waals surface area contributed by atoms with Gasteiger partial charge in [-0.15, -0.1) is 0 Å². The Morgan fingerprint density at radius 2 is 1.85 bits per heavy atom. The molecule has 78 valence electrons.